The molecule has 5 nitrogen and oxygen atoms in total. The van der Waals surface area contributed by atoms with Crippen molar-refractivity contribution in [3.63, 3.8) is 0 Å². The highest BCUT2D eigenvalue weighted by Crippen LogP contribution is 2.21. The molecule has 1 aliphatic rings. The van der Waals surface area contributed by atoms with Crippen LogP contribution in [-0.2, 0) is 9.59 Å². The zero-order valence-corrected chi connectivity index (χ0v) is 12.8. The minimum absolute atomic E-state index is 0.00600. The van der Waals surface area contributed by atoms with Crippen LogP contribution in [0, 0.1) is 5.92 Å². The van der Waals surface area contributed by atoms with Crippen LogP contribution in [0.5, 0.6) is 5.75 Å². The molecule has 0 saturated heterocycles. The summed E-state index contributed by atoms with van der Waals surface area (Å²) in [6, 6.07) is 7.05. The molecular formula is C17H22N2O3. The molecule has 2 rings (SSSR count). The second kappa shape index (κ2) is 8.22. The molecule has 1 aromatic rings. The first-order valence-electron chi connectivity index (χ1n) is 7.64. The van der Waals surface area contributed by atoms with Crippen molar-refractivity contribution < 1.29 is 14.3 Å². The van der Waals surface area contributed by atoms with E-state index >= 15 is 0 Å². The quantitative estimate of drug-likeness (QED) is 0.793. The standard InChI is InChI=1S/C17H22N2O3/c1-2-18-16(20)12-22-15-10-8-14(9-11-15)19-17(21)13-6-4-3-5-7-13/h3-4,8-11,13H,2,5-7,12H2,1H3,(H,18,20)(H,19,21). The third-order valence-electron chi connectivity index (χ3n) is 3.51. The largest absolute Gasteiger partial charge is 0.484 e. The molecule has 0 aliphatic heterocycles. The third-order valence-corrected chi connectivity index (χ3v) is 3.51. The van der Waals surface area contributed by atoms with Gasteiger partial charge < -0.3 is 15.4 Å². The van der Waals surface area contributed by atoms with Crippen molar-refractivity contribution >= 4 is 17.5 Å². The molecule has 0 bridgehead atoms. The Morgan fingerprint density at radius 3 is 2.64 bits per heavy atom. The molecule has 0 radical (unpaired) electrons. The van der Waals surface area contributed by atoms with Gasteiger partial charge in [-0.2, -0.15) is 0 Å². The van der Waals surface area contributed by atoms with Crippen molar-refractivity contribution in [1.29, 1.82) is 0 Å². The number of likely N-dealkylation sites (N-methyl/N-ethyl adjacent to an activating group) is 1. The number of allylic oxidation sites excluding steroid dienone is 2. The van der Waals surface area contributed by atoms with E-state index in [1.165, 1.54) is 0 Å². The van der Waals surface area contributed by atoms with E-state index in [1.54, 1.807) is 24.3 Å². The zero-order valence-electron chi connectivity index (χ0n) is 12.8. The lowest BCUT2D eigenvalue weighted by molar-refractivity contribution is -0.123. The molecule has 2 N–H and O–H groups in total. The number of hydrogen-bond donors (Lipinski definition) is 2. The SMILES string of the molecule is CCNC(=O)COc1ccc(NC(=O)C2CC=CCC2)cc1. The highest BCUT2D eigenvalue weighted by molar-refractivity contribution is 5.92. The normalized spacial score (nSPS) is 16.9. The van der Waals surface area contributed by atoms with Crippen molar-refractivity contribution in [3.05, 3.63) is 36.4 Å². The van der Waals surface area contributed by atoms with Crippen LogP contribution < -0.4 is 15.4 Å². The molecule has 0 aromatic heterocycles. The average molecular weight is 302 g/mol. The van der Waals surface area contributed by atoms with E-state index in [0.29, 0.717) is 12.3 Å². The van der Waals surface area contributed by atoms with E-state index in [4.69, 9.17) is 4.74 Å². The van der Waals surface area contributed by atoms with Crippen LogP contribution in [0.25, 0.3) is 0 Å². The maximum atomic E-state index is 12.1. The number of carbonyl (C=O) groups excluding carboxylic acids is 2. The predicted molar refractivity (Wildman–Crippen MR) is 85.7 cm³/mol. The van der Waals surface area contributed by atoms with Gasteiger partial charge in [0, 0.05) is 18.2 Å². The summed E-state index contributed by atoms with van der Waals surface area (Å²) in [4.78, 5) is 23.4. The molecule has 1 aliphatic carbocycles. The summed E-state index contributed by atoms with van der Waals surface area (Å²) >= 11 is 0. The van der Waals surface area contributed by atoms with Gasteiger partial charge in [0.05, 0.1) is 0 Å². The first kappa shape index (κ1) is 16.1. The molecular weight excluding hydrogens is 280 g/mol. The summed E-state index contributed by atoms with van der Waals surface area (Å²) in [6.07, 6.45) is 6.84. The molecule has 0 saturated carbocycles. The highest BCUT2D eigenvalue weighted by atomic mass is 16.5. The van der Waals surface area contributed by atoms with Crippen molar-refractivity contribution in [2.45, 2.75) is 26.2 Å². The van der Waals surface area contributed by atoms with Gasteiger partial charge in [-0.25, -0.2) is 0 Å². The number of amides is 2. The Morgan fingerprint density at radius 1 is 1.23 bits per heavy atom. The minimum Gasteiger partial charge on any atom is -0.484 e. The fraction of sp³-hybridized carbons (Fsp3) is 0.412. The van der Waals surface area contributed by atoms with Crippen LogP contribution in [0.1, 0.15) is 26.2 Å². The van der Waals surface area contributed by atoms with Crippen LogP contribution in [0.2, 0.25) is 0 Å². The van der Waals surface area contributed by atoms with Crippen LogP contribution >= 0.6 is 0 Å². The number of ether oxygens (including phenoxy) is 1. The fourth-order valence-electron chi connectivity index (χ4n) is 2.31. The Kier molecular flexibility index (Phi) is 6.01. The molecule has 22 heavy (non-hydrogen) atoms. The number of benzene rings is 1. The predicted octanol–water partition coefficient (Wildman–Crippen LogP) is 2.50. The molecule has 1 atom stereocenters. The molecule has 1 aromatic carbocycles. The number of hydrogen-bond acceptors (Lipinski definition) is 3. The molecule has 118 valence electrons. The summed E-state index contributed by atoms with van der Waals surface area (Å²) in [5.41, 5.74) is 0.741. The van der Waals surface area contributed by atoms with Crippen LogP contribution in [0.15, 0.2) is 36.4 Å². The molecule has 0 heterocycles. The van der Waals surface area contributed by atoms with Gasteiger partial charge in [0.15, 0.2) is 6.61 Å². The number of carbonyl (C=O) groups is 2. The first-order chi connectivity index (χ1) is 10.7. The second-order valence-electron chi connectivity index (χ2n) is 5.24. The zero-order chi connectivity index (χ0) is 15.8. The number of nitrogens with one attached hydrogen (secondary N) is 2. The number of anilines is 1. The van der Waals surface area contributed by atoms with Crippen LogP contribution in [0.4, 0.5) is 5.69 Å². The van der Waals surface area contributed by atoms with E-state index in [-0.39, 0.29) is 24.3 Å². The smallest absolute Gasteiger partial charge is 0.257 e. The number of rotatable bonds is 6. The summed E-state index contributed by atoms with van der Waals surface area (Å²) in [5, 5.41) is 5.58. The Labute approximate surface area is 130 Å². The van der Waals surface area contributed by atoms with E-state index in [9.17, 15) is 9.59 Å². The van der Waals surface area contributed by atoms with Gasteiger partial charge in [-0.15, -0.1) is 0 Å². The molecule has 0 spiro atoms. The van der Waals surface area contributed by atoms with Crippen LogP contribution in [0.3, 0.4) is 0 Å². The monoisotopic (exact) mass is 302 g/mol. The van der Waals surface area contributed by atoms with E-state index in [1.807, 2.05) is 6.92 Å². The van der Waals surface area contributed by atoms with Gasteiger partial charge in [0.2, 0.25) is 5.91 Å². The lowest BCUT2D eigenvalue weighted by atomic mass is 9.93. The summed E-state index contributed by atoms with van der Waals surface area (Å²) < 4.78 is 5.36. The summed E-state index contributed by atoms with van der Waals surface area (Å²) in [5.74, 6) is 0.564. The molecule has 1 unspecified atom stereocenters. The highest BCUT2D eigenvalue weighted by Gasteiger charge is 2.18. The van der Waals surface area contributed by atoms with Crippen molar-refractivity contribution in [2.75, 3.05) is 18.5 Å². The second-order valence-corrected chi connectivity index (χ2v) is 5.24. The van der Waals surface area contributed by atoms with Crippen molar-refractivity contribution in [2.24, 2.45) is 5.92 Å². The lowest BCUT2D eigenvalue weighted by Gasteiger charge is -2.17. The lowest BCUT2D eigenvalue weighted by Crippen LogP contribution is -2.28. The Hall–Kier alpha value is -2.30. The van der Waals surface area contributed by atoms with Gasteiger partial charge >= 0.3 is 0 Å². The fourth-order valence-corrected chi connectivity index (χ4v) is 2.31. The molecule has 5 heteroatoms. The third kappa shape index (κ3) is 4.91. The Bertz CT molecular complexity index is 537. The Balaban J connectivity index is 1.82. The maximum Gasteiger partial charge on any atom is 0.257 e. The van der Waals surface area contributed by atoms with Crippen molar-refractivity contribution in [3.8, 4) is 5.75 Å². The van der Waals surface area contributed by atoms with E-state index in [2.05, 4.69) is 22.8 Å². The average Bonchev–Trinajstić information content (AvgIpc) is 2.55. The van der Waals surface area contributed by atoms with Gasteiger partial charge in [0.25, 0.3) is 5.91 Å². The minimum atomic E-state index is -0.148. The summed E-state index contributed by atoms with van der Waals surface area (Å²) in [6.45, 7) is 2.44. The van der Waals surface area contributed by atoms with Gasteiger partial charge in [0.1, 0.15) is 5.75 Å². The van der Waals surface area contributed by atoms with E-state index < -0.39 is 0 Å². The van der Waals surface area contributed by atoms with Gasteiger partial charge in [-0.1, -0.05) is 12.2 Å². The van der Waals surface area contributed by atoms with Crippen LogP contribution in [-0.4, -0.2) is 25.0 Å². The maximum absolute atomic E-state index is 12.1. The molecule has 2 amide bonds. The topological polar surface area (TPSA) is 67.4 Å². The van der Waals surface area contributed by atoms with Crippen molar-refractivity contribution in [1.82, 2.24) is 5.32 Å². The van der Waals surface area contributed by atoms with E-state index in [0.717, 1.165) is 24.9 Å². The first-order valence-corrected chi connectivity index (χ1v) is 7.64. The summed E-state index contributed by atoms with van der Waals surface area (Å²) in [7, 11) is 0. The molecule has 0 fully saturated rings. The van der Waals surface area contributed by atoms with Gasteiger partial charge in [-0.3, -0.25) is 9.59 Å². The Morgan fingerprint density at radius 2 is 2.00 bits per heavy atom. The van der Waals surface area contributed by atoms with Gasteiger partial charge in [-0.05, 0) is 50.5 Å².